The Balaban J connectivity index is 1.94. The lowest BCUT2D eigenvalue weighted by Gasteiger charge is -2.55. The Kier molecular flexibility index (Phi) is 6.46. The normalized spacial score (nSPS) is 34.5. The summed E-state index contributed by atoms with van der Waals surface area (Å²) in [5, 5.41) is 10.1. The maximum atomic E-state index is 13.6. The molecular formula is C20H27F6IO3. The highest BCUT2D eigenvalue weighted by Gasteiger charge is 2.76. The number of hydrogen-bond donors (Lipinski definition) is 1. The molecule has 2 unspecified atom stereocenters. The van der Waals surface area contributed by atoms with E-state index in [2.05, 4.69) is 0 Å². The third kappa shape index (κ3) is 4.20. The summed E-state index contributed by atoms with van der Waals surface area (Å²) in [5.74, 6) is -0.603. The molecule has 4 rings (SSSR count). The summed E-state index contributed by atoms with van der Waals surface area (Å²) in [4.78, 5) is 12.5. The lowest BCUT2D eigenvalue weighted by atomic mass is 9.51. The lowest BCUT2D eigenvalue weighted by Crippen LogP contribution is -2.66. The molecule has 30 heavy (non-hydrogen) atoms. The van der Waals surface area contributed by atoms with Crippen LogP contribution in [-0.4, -0.2) is 38.6 Å². The van der Waals surface area contributed by atoms with Gasteiger partial charge in [0, 0.05) is 0 Å². The van der Waals surface area contributed by atoms with Crippen molar-refractivity contribution < 1.29 is 41.0 Å². The van der Waals surface area contributed by atoms with E-state index in [0.717, 1.165) is 32.1 Å². The van der Waals surface area contributed by atoms with Crippen LogP contribution in [0.4, 0.5) is 26.3 Å². The largest absolute Gasteiger partial charge is 0.458 e. The zero-order valence-corrected chi connectivity index (χ0v) is 19.0. The van der Waals surface area contributed by atoms with Crippen LogP contribution in [0.3, 0.4) is 0 Å². The molecule has 0 aromatic carbocycles. The topological polar surface area (TPSA) is 46.5 Å². The fraction of sp³-hybridized carbons (Fsp3) is 0.950. The smallest absolute Gasteiger partial charge is 0.430 e. The molecule has 0 amide bonds. The summed E-state index contributed by atoms with van der Waals surface area (Å²) >= 11 is 1.66. The van der Waals surface area contributed by atoms with Gasteiger partial charge in [-0.2, -0.15) is 26.3 Å². The van der Waals surface area contributed by atoms with Gasteiger partial charge in [0.05, 0.1) is 0 Å². The molecule has 4 saturated carbocycles. The monoisotopic (exact) mass is 556 g/mol. The van der Waals surface area contributed by atoms with E-state index >= 15 is 0 Å². The second-order valence-corrected chi connectivity index (χ2v) is 11.9. The van der Waals surface area contributed by atoms with Gasteiger partial charge in [-0.05, 0) is 81.5 Å². The van der Waals surface area contributed by atoms with Crippen LogP contribution in [0.5, 0.6) is 0 Å². The highest BCUT2D eigenvalue weighted by molar-refractivity contribution is 14.1. The van der Waals surface area contributed by atoms with Gasteiger partial charge in [-0.1, -0.05) is 29.5 Å². The number of hydrogen-bond acceptors (Lipinski definition) is 3. The summed E-state index contributed by atoms with van der Waals surface area (Å²) in [6.07, 6.45) is -11.0. The number of esters is 1. The molecule has 10 heteroatoms. The number of alkyl halides is 7. The van der Waals surface area contributed by atoms with Crippen molar-refractivity contribution in [2.75, 3.05) is 0 Å². The Morgan fingerprint density at radius 1 is 1.00 bits per heavy atom. The first-order valence-corrected chi connectivity index (χ1v) is 11.4. The van der Waals surface area contributed by atoms with Crippen LogP contribution in [0.15, 0.2) is 0 Å². The molecule has 174 valence electrons. The summed E-state index contributed by atoms with van der Waals surface area (Å²) in [6, 6.07) is 0. The second kappa shape index (κ2) is 7.95. The number of halogens is 7. The Labute approximate surface area is 185 Å². The molecule has 0 aromatic rings. The van der Waals surface area contributed by atoms with E-state index in [9.17, 15) is 36.2 Å². The van der Waals surface area contributed by atoms with Crippen LogP contribution in [-0.2, 0) is 9.53 Å². The third-order valence-electron chi connectivity index (χ3n) is 7.58. The van der Waals surface area contributed by atoms with Crippen molar-refractivity contribution in [2.24, 2.45) is 29.6 Å². The third-order valence-corrected chi connectivity index (χ3v) is 8.78. The average Bonchev–Trinajstić information content (AvgIpc) is 2.60. The molecule has 0 radical (unpaired) electrons. The van der Waals surface area contributed by atoms with Gasteiger partial charge < -0.3 is 9.84 Å². The van der Waals surface area contributed by atoms with Crippen LogP contribution in [0.25, 0.3) is 0 Å². The predicted octanol–water partition coefficient (Wildman–Crippen LogP) is 5.82. The first kappa shape index (κ1) is 24.4. The van der Waals surface area contributed by atoms with Crippen molar-refractivity contribution in [2.45, 2.75) is 86.3 Å². The summed E-state index contributed by atoms with van der Waals surface area (Å²) < 4.78 is 85.4. The molecule has 4 aliphatic rings. The van der Waals surface area contributed by atoms with Crippen LogP contribution in [0.2, 0.25) is 0 Å². The van der Waals surface area contributed by atoms with Crippen LogP contribution >= 0.6 is 22.6 Å². The lowest BCUT2D eigenvalue weighted by molar-refractivity contribution is -0.393. The molecule has 0 aliphatic heterocycles. The summed E-state index contributed by atoms with van der Waals surface area (Å²) in [5.41, 5.74) is -5.11. The fourth-order valence-electron chi connectivity index (χ4n) is 5.90. The van der Waals surface area contributed by atoms with E-state index in [-0.39, 0.29) is 18.3 Å². The van der Waals surface area contributed by atoms with Gasteiger partial charge in [0.15, 0.2) is 0 Å². The van der Waals surface area contributed by atoms with E-state index in [1.165, 1.54) is 6.92 Å². The molecule has 4 aliphatic carbocycles. The summed E-state index contributed by atoms with van der Waals surface area (Å²) in [6.45, 7) is 2.97. The highest BCUT2D eigenvalue weighted by Crippen LogP contribution is 2.59. The number of aliphatic hydroxyl groups is 1. The number of carbonyl (C=O) groups excluding carboxylic acids is 1. The van der Waals surface area contributed by atoms with Crippen molar-refractivity contribution in [3.63, 3.8) is 0 Å². The SMILES string of the molecule is CCC(C)(I)C(=O)OC(CC1C2CC3CC(C2)CC1C3)C(O)(C(F)(F)F)C(F)(F)F. The Morgan fingerprint density at radius 2 is 1.43 bits per heavy atom. The van der Waals surface area contributed by atoms with E-state index < -0.39 is 45.8 Å². The van der Waals surface area contributed by atoms with E-state index in [1.54, 1.807) is 29.5 Å². The molecule has 4 fully saturated rings. The Morgan fingerprint density at radius 3 is 1.80 bits per heavy atom. The average molecular weight is 556 g/mol. The second-order valence-electron chi connectivity index (χ2n) is 9.54. The molecule has 4 bridgehead atoms. The molecule has 3 nitrogen and oxygen atoms in total. The molecule has 0 spiro atoms. The van der Waals surface area contributed by atoms with E-state index in [1.807, 2.05) is 0 Å². The van der Waals surface area contributed by atoms with E-state index in [4.69, 9.17) is 4.74 Å². The minimum Gasteiger partial charge on any atom is -0.458 e. The van der Waals surface area contributed by atoms with Gasteiger partial charge in [-0.25, -0.2) is 0 Å². The van der Waals surface area contributed by atoms with Crippen molar-refractivity contribution in [3.8, 4) is 0 Å². The van der Waals surface area contributed by atoms with Gasteiger partial charge in [0.25, 0.3) is 5.60 Å². The van der Waals surface area contributed by atoms with Crippen LogP contribution in [0.1, 0.15) is 58.8 Å². The number of ether oxygens (including phenoxy) is 1. The summed E-state index contributed by atoms with van der Waals surface area (Å²) in [7, 11) is 0. The highest BCUT2D eigenvalue weighted by atomic mass is 127. The molecule has 0 heterocycles. The van der Waals surface area contributed by atoms with Gasteiger partial charge in [0.2, 0.25) is 0 Å². The first-order valence-electron chi connectivity index (χ1n) is 10.4. The van der Waals surface area contributed by atoms with Crippen molar-refractivity contribution in [1.29, 1.82) is 0 Å². The Bertz CT molecular complexity index is 618. The minimum atomic E-state index is -6.03. The fourth-order valence-corrected chi connectivity index (χ4v) is 6.02. The first-order chi connectivity index (χ1) is 13.6. The molecule has 2 atom stereocenters. The number of carbonyl (C=O) groups is 1. The maximum absolute atomic E-state index is 13.6. The maximum Gasteiger partial charge on any atom is 0.430 e. The molecular weight excluding hydrogens is 529 g/mol. The standard InChI is InChI=1S/C20H27F6IO3/c1-3-17(2,27)16(28)30-15(18(29,19(21,22)23)20(24,25)26)9-14-12-5-10-4-11(7-12)8-13(14)6-10/h10-15,29H,3-9H2,1-2H3. The Hall–Kier alpha value is -0.260. The quantitative estimate of drug-likeness (QED) is 0.194. The van der Waals surface area contributed by atoms with Gasteiger partial charge >= 0.3 is 18.3 Å². The van der Waals surface area contributed by atoms with Crippen molar-refractivity contribution in [1.82, 2.24) is 0 Å². The number of rotatable bonds is 6. The molecule has 0 aromatic heterocycles. The minimum absolute atomic E-state index is 0.0188. The van der Waals surface area contributed by atoms with Gasteiger partial charge in [-0.15, -0.1) is 0 Å². The van der Waals surface area contributed by atoms with Crippen LogP contribution in [0, 0.1) is 29.6 Å². The molecule has 0 saturated heterocycles. The predicted molar refractivity (Wildman–Crippen MR) is 105 cm³/mol. The van der Waals surface area contributed by atoms with Crippen molar-refractivity contribution in [3.05, 3.63) is 0 Å². The molecule has 1 N–H and O–H groups in total. The van der Waals surface area contributed by atoms with Crippen molar-refractivity contribution >= 4 is 28.6 Å². The van der Waals surface area contributed by atoms with E-state index in [0.29, 0.717) is 11.8 Å². The van der Waals surface area contributed by atoms with Crippen LogP contribution < -0.4 is 0 Å². The van der Waals surface area contributed by atoms with Gasteiger partial charge in [0.1, 0.15) is 9.53 Å². The zero-order valence-electron chi connectivity index (χ0n) is 16.8. The van der Waals surface area contributed by atoms with Gasteiger partial charge in [-0.3, -0.25) is 4.79 Å². The zero-order chi connectivity index (χ0) is 22.7.